The average Bonchev–Trinajstić information content (AvgIpc) is 2.48. The number of anilines is 1. The van der Waals surface area contributed by atoms with E-state index in [-0.39, 0.29) is 22.8 Å². The minimum absolute atomic E-state index is 0.0766. The van der Waals surface area contributed by atoms with Gasteiger partial charge in [0.1, 0.15) is 0 Å². The van der Waals surface area contributed by atoms with E-state index < -0.39 is 23.4 Å². The van der Waals surface area contributed by atoms with Crippen molar-refractivity contribution in [2.24, 2.45) is 0 Å². The van der Waals surface area contributed by atoms with Crippen LogP contribution >= 0.6 is 23.2 Å². The summed E-state index contributed by atoms with van der Waals surface area (Å²) in [5, 5.41) is 5.21. The molecule has 0 saturated heterocycles. The van der Waals surface area contributed by atoms with Crippen molar-refractivity contribution in [3.05, 3.63) is 63.6 Å². The van der Waals surface area contributed by atoms with Gasteiger partial charge in [-0.3, -0.25) is 9.59 Å². The van der Waals surface area contributed by atoms with Crippen LogP contribution in [-0.4, -0.2) is 18.4 Å². The van der Waals surface area contributed by atoms with Gasteiger partial charge in [0.15, 0.2) is 11.6 Å². The summed E-state index contributed by atoms with van der Waals surface area (Å²) < 4.78 is 25.8. The molecule has 120 valence electrons. The van der Waals surface area contributed by atoms with Gasteiger partial charge in [0.05, 0.1) is 17.1 Å². The van der Waals surface area contributed by atoms with Crippen LogP contribution in [0.1, 0.15) is 10.4 Å². The Morgan fingerprint density at radius 3 is 2.39 bits per heavy atom. The molecule has 2 aromatic rings. The Balaban J connectivity index is 1.93. The van der Waals surface area contributed by atoms with Gasteiger partial charge in [0.25, 0.3) is 5.91 Å². The first kappa shape index (κ1) is 17.2. The first-order valence-electron chi connectivity index (χ1n) is 6.35. The van der Waals surface area contributed by atoms with Crippen molar-refractivity contribution in [2.45, 2.75) is 0 Å². The Morgan fingerprint density at radius 2 is 1.74 bits per heavy atom. The van der Waals surface area contributed by atoms with Crippen LogP contribution in [0.3, 0.4) is 0 Å². The zero-order chi connectivity index (χ0) is 17.0. The van der Waals surface area contributed by atoms with Crippen LogP contribution in [0.15, 0.2) is 36.4 Å². The molecular weight excluding hydrogens is 349 g/mol. The number of carbonyl (C=O) groups excluding carboxylic acids is 2. The van der Waals surface area contributed by atoms with Crippen LogP contribution in [0, 0.1) is 11.6 Å². The van der Waals surface area contributed by atoms with Gasteiger partial charge in [-0.25, -0.2) is 8.78 Å². The zero-order valence-corrected chi connectivity index (χ0v) is 13.0. The SMILES string of the molecule is O=C(CNC(=O)c1ccc(Cl)cc1Cl)Nc1ccc(F)c(F)c1. The van der Waals surface area contributed by atoms with Crippen LogP contribution < -0.4 is 10.6 Å². The minimum atomic E-state index is -1.08. The molecule has 2 aromatic carbocycles. The van der Waals surface area contributed by atoms with Crippen LogP contribution in [0.4, 0.5) is 14.5 Å². The summed E-state index contributed by atoms with van der Waals surface area (Å²) in [6, 6.07) is 7.24. The standard InChI is InChI=1S/C15H10Cl2F2N2O2/c16-8-1-3-10(11(17)5-8)15(23)20-7-14(22)21-9-2-4-12(18)13(19)6-9/h1-6H,7H2,(H,20,23)(H,21,22). The summed E-state index contributed by atoms with van der Waals surface area (Å²) in [4.78, 5) is 23.6. The fourth-order valence-corrected chi connectivity index (χ4v) is 2.20. The van der Waals surface area contributed by atoms with Gasteiger partial charge >= 0.3 is 0 Å². The second kappa shape index (κ2) is 7.39. The highest BCUT2D eigenvalue weighted by Crippen LogP contribution is 2.20. The number of benzene rings is 2. The van der Waals surface area contributed by atoms with Crippen molar-refractivity contribution in [3.8, 4) is 0 Å². The molecule has 0 fully saturated rings. The smallest absolute Gasteiger partial charge is 0.253 e. The number of carbonyl (C=O) groups is 2. The number of halogens is 4. The molecule has 0 aliphatic heterocycles. The van der Waals surface area contributed by atoms with Crippen molar-refractivity contribution in [2.75, 3.05) is 11.9 Å². The van der Waals surface area contributed by atoms with Crippen LogP contribution in [0.2, 0.25) is 10.0 Å². The third kappa shape index (κ3) is 4.64. The molecule has 2 amide bonds. The maximum atomic E-state index is 13.0. The van der Waals surface area contributed by atoms with Gasteiger partial charge in [-0.1, -0.05) is 23.2 Å². The van der Waals surface area contributed by atoms with Gasteiger partial charge in [0.2, 0.25) is 5.91 Å². The molecule has 0 aromatic heterocycles. The van der Waals surface area contributed by atoms with Crippen molar-refractivity contribution in [3.63, 3.8) is 0 Å². The Kier molecular flexibility index (Phi) is 5.52. The largest absolute Gasteiger partial charge is 0.343 e. The maximum Gasteiger partial charge on any atom is 0.253 e. The molecule has 0 saturated carbocycles. The highest BCUT2D eigenvalue weighted by molar-refractivity contribution is 6.36. The Morgan fingerprint density at radius 1 is 1.00 bits per heavy atom. The van der Waals surface area contributed by atoms with E-state index >= 15 is 0 Å². The van der Waals surface area contributed by atoms with Crippen LogP contribution in [0.5, 0.6) is 0 Å². The maximum absolute atomic E-state index is 13.0. The first-order chi connectivity index (χ1) is 10.9. The van der Waals surface area contributed by atoms with Gasteiger partial charge < -0.3 is 10.6 Å². The molecule has 0 radical (unpaired) electrons. The lowest BCUT2D eigenvalue weighted by Crippen LogP contribution is -2.33. The topological polar surface area (TPSA) is 58.2 Å². The van der Waals surface area contributed by atoms with Gasteiger partial charge in [-0.05, 0) is 30.3 Å². The lowest BCUT2D eigenvalue weighted by atomic mass is 10.2. The first-order valence-corrected chi connectivity index (χ1v) is 7.10. The second-order valence-corrected chi connectivity index (χ2v) is 5.33. The molecule has 23 heavy (non-hydrogen) atoms. The minimum Gasteiger partial charge on any atom is -0.343 e. The molecule has 8 heteroatoms. The predicted molar refractivity (Wildman–Crippen MR) is 83.8 cm³/mol. The Bertz CT molecular complexity index is 769. The highest BCUT2D eigenvalue weighted by Gasteiger charge is 2.12. The number of hydrogen-bond donors (Lipinski definition) is 2. The van der Waals surface area contributed by atoms with Crippen LogP contribution in [0.25, 0.3) is 0 Å². The summed E-state index contributed by atoms with van der Waals surface area (Å²) >= 11 is 11.6. The third-order valence-corrected chi connectivity index (χ3v) is 3.34. The van der Waals surface area contributed by atoms with E-state index in [2.05, 4.69) is 10.6 Å². The molecule has 4 nitrogen and oxygen atoms in total. The quantitative estimate of drug-likeness (QED) is 0.876. The molecule has 0 aliphatic carbocycles. The Labute approximate surface area is 140 Å². The molecule has 2 rings (SSSR count). The van der Waals surface area contributed by atoms with Crippen molar-refractivity contribution >= 4 is 40.7 Å². The molecule has 0 heterocycles. The average molecular weight is 359 g/mol. The van der Waals surface area contributed by atoms with E-state index in [1.54, 1.807) is 0 Å². The molecule has 2 N–H and O–H groups in total. The fraction of sp³-hybridized carbons (Fsp3) is 0.0667. The monoisotopic (exact) mass is 358 g/mol. The Hall–Kier alpha value is -2.18. The van der Waals surface area contributed by atoms with E-state index in [1.807, 2.05) is 0 Å². The molecule has 0 atom stereocenters. The summed E-state index contributed by atoms with van der Waals surface area (Å²) in [5.74, 6) is -3.27. The number of hydrogen-bond acceptors (Lipinski definition) is 2. The van der Waals surface area contributed by atoms with Crippen LogP contribution in [-0.2, 0) is 4.79 Å². The van der Waals surface area contributed by atoms with Crippen molar-refractivity contribution in [1.29, 1.82) is 0 Å². The molecular formula is C15H10Cl2F2N2O2. The summed E-state index contributed by atoms with van der Waals surface area (Å²) in [5.41, 5.74) is 0.240. The molecule has 0 bridgehead atoms. The lowest BCUT2D eigenvalue weighted by molar-refractivity contribution is -0.115. The molecule has 0 aliphatic rings. The second-order valence-electron chi connectivity index (χ2n) is 4.48. The zero-order valence-electron chi connectivity index (χ0n) is 11.5. The molecule has 0 unspecified atom stereocenters. The number of nitrogens with one attached hydrogen (secondary N) is 2. The third-order valence-electron chi connectivity index (χ3n) is 2.79. The lowest BCUT2D eigenvalue weighted by Gasteiger charge is -2.08. The van der Waals surface area contributed by atoms with E-state index in [0.717, 1.165) is 12.1 Å². The number of rotatable bonds is 4. The summed E-state index contributed by atoms with van der Waals surface area (Å²) in [7, 11) is 0. The van der Waals surface area contributed by atoms with Gasteiger partial charge in [-0.15, -0.1) is 0 Å². The van der Waals surface area contributed by atoms with E-state index in [9.17, 15) is 18.4 Å². The van der Waals surface area contributed by atoms with Gasteiger partial charge in [-0.2, -0.15) is 0 Å². The normalized spacial score (nSPS) is 10.3. The van der Waals surface area contributed by atoms with E-state index in [0.29, 0.717) is 5.02 Å². The number of amides is 2. The van der Waals surface area contributed by atoms with Crippen molar-refractivity contribution < 1.29 is 18.4 Å². The van der Waals surface area contributed by atoms with E-state index in [1.165, 1.54) is 24.3 Å². The summed E-state index contributed by atoms with van der Waals surface area (Å²) in [6.07, 6.45) is 0. The van der Waals surface area contributed by atoms with Crippen molar-refractivity contribution in [1.82, 2.24) is 5.32 Å². The highest BCUT2D eigenvalue weighted by atomic mass is 35.5. The van der Waals surface area contributed by atoms with E-state index in [4.69, 9.17) is 23.2 Å². The summed E-state index contributed by atoms with van der Waals surface area (Å²) in [6.45, 7) is -0.364. The molecule has 0 spiro atoms. The fourth-order valence-electron chi connectivity index (χ4n) is 1.71. The van der Waals surface area contributed by atoms with Gasteiger partial charge in [0, 0.05) is 16.8 Å². The predicted octanol–water partition coefficient (Wildman–Crippen LogP) is 3.64.